The first-order chi connectivity index (χ1) is 8.64. The lowest BCUT2D eigenvalue weighted by Crippen LogP contribution is -2.38. The van der Waals surface area contributed by atoms with Crippen molar-refractivity contribution >= 4 is 14.3 Å². The molecule has 0 saturated heterocycles. The molecule has 0 radical (unpaired) electrons. The summed E-state index contributed by atoms with van der Waals surface area (Å²) in [4.78, 5) is 11.0. The molecule has 0 amide bonds. The lowest BCUT2D eigenvalue weighted by molar-refractivity contribution is -0.137. The van der Waals surface area contributed by atoms with Gasteiger partial charge in [-0.2, -0.15) is 0 Å². The van der Waals surface area contributed by atoms with E-state index in [0.29, 0.717) is 6.61 Å². The van der Waals surface area contributed by atoms with E-state index in [9.17, 15) is 4.79 Å². The summed E-state index contributed by atoms with van der Waals surface area (Å²) in [7, 11) is -1.59. The summed E-state index contributed by atoms with van der Waals surface area (Å²) < 4.78 is 11.2. The van der Waals surface area contributed by atoms with Crippen LogP contribution in [0.4, 0.5) is 0 Å². The van der Waals surface area contributed by atoms with Gasteiger partial charge in [-0.3, -0.25) is 0 Å². The number of hydrogen-bond acceptors (Lipinski definition) is 3. The lowest BCUT2D eigenvalue weighted by Gasteiger charge is -2.30. The molecule has 0 aliphatic carbocycles. The highest BCUT2D eigenvalue weighted by Crippen LogP contribution is 2.27. The normalized spacial score (nSPS) is 11.3. The zero-order chi connectivity index (χ0) is 13.9. The van der Waals surface area contributed by atoms with Gasteiger partial charge in [-0.25, -0.2) is 4.79 Å². The molecule has 106 valence electrons. The Kier molecular flexibility index (Phi) is 9.97. The van der Waals surface area contributed by atoms with Crippen molar-refractivity contribution in [2.24, 2.45) is 0 Å². The van der Waals surface area contributed by atoms with E-state index in [1.165, 1.54) is 31.0 Å². The highest BCUT2D eigenvalue weighted by molar-refractivity contribution is 6.73. The van der Waals surface area contributed by atoms with E-state index in [-0.39, 0.29) is 5.97 Å². The van der Waals surface area contributed by atoms with Crippen molar-refractivity contribution in [3.63, 3.8) is 0 Å². The zero-order valence-electron chi connectivity index (χ0n) is 12.2. The van der Waals surface area contributed by atoms with Crippen LogP contribution >= 0.6 is 0 Å². The molecule has 0 aliphatic heterocycles. The Balaban J connectivity index is 4.20. The summed E-state index contributed by atoms with van der Waals surface area (Å²) in [6.07, 6.45) is 4.48. The van der Waals surface area contributed by atoms with Gasteiger partial charge in [-0.15, -0.1) is 0 Å². The molecule has 0 aromatic rings. The lowest BCUT2D eigenvalue weighted by atomic mass is 10.5. The molecule has 0 saturated carbocycles. The number of esters is 1. The maximum Gasteiger partial charge on any atom is 0.330 e. The number of carbonyl (C=O) groups excluding carboxylic acids is 1. The maximum absolute atomic E-state index is 11.0. The number of carbonyl (C=O) groups is 1. The minimum Gasteiger partial charge on any atom is -0.463 e. The molecule has 3 nitrogen and oxygen atoms in total. The molecule has 0 fully saturated rings. The van der Waals surface area contributed by atoms with Gasteiger partial charge in [-0.1, -0.05) is 33.3 Å². The van der Waals surface area contributed by atoms with Crippen LogP contribution in [-0.4, -0.2) is 27.5 Å². The van der Waals surface area contributed by atoms with Crippen molar-refractivity contribution in [2.45, 2.75) is 58.2 Å². The zero-order valence-corrected chi connectivity index (χ0v) is 13.2. The Labute approximate surface area is 113 Å². The third-order valence-corrected chi connectivity index (χ3v) is 8.04. The second-order valence-electron chi connectivity index (χ2n) is 4.59. The third kappa shape index (κ3) is 6.96. The van der Waals surface area contributed by atoms with Crippen molar-refractivity contribution in [1.29, 1.82) is 0 Å². The SMILES string of the molecule is C=CC(=O)OCCC[Si](CCC)(CCC)OCC. The van der Waals surface area contributed by atoms with Crippen LogP contribution in [0.5, 0.6) is 0 Å². The Morgan fingerprint density at radius 3 is 2.22 bits per heavy atom. The van der Waals surface area contributed by atoms with E-state index < -0.39 is 8.32 Å². The van der Waals surface area contributed by atoms with Crippen molar-refractivity contribution in [2.75, 3.05) is 13.2 Å². The second-order valence-corrected chi connectivity index (χ2v) is 8.75. The van der Waals surface area contributed by atoms with Gasteiger partial charge in [0.25, 0.3) is 0 Å². The van der Waals surface area contributed by atoms with Gasteiger partial charge < -0.3 is 9.16 Å². The fraction of sp³-hybridized carbons (Fsp3) is 0.786. The summed E-state index contributed by atoms with van der Waals surface area (Å²) in [5, 5.41) is 0. The first kappa shape index (κ1) is 17.4. The Hall–Kier alpha value is -0.613. The maximum atomic E-state index is 11.0. The van der Waals surface area contributed by atoms with Crippen LogP contribution in [0.2, 0.25) is 18.1 Å². The molecule has 0 rings (SSSR count). The molecule has 0 spiro atoms. The van der Waals surface area contributed by atoms with Crippen LogP contribution in [0.25, 0.3) is 0 Å². The number of ether oxygens (including phenoxy) is 1. The molecule has 18 heavy (non-hydrogen) atoms. The molecule has 0 atom stereocenters. The van der Waals surface area contributed by atoms with Crippen molar-refractivity contribution in [1.82, 2.24) is 0 Å². The molecule has 0 N–H and O–H groups in total. The predicted molar refractivity (Wildman–Crippen MR) is 78.2 cm³/mol. The van der Waals surface area contributed by atoms with Crippen molar-refractivity contribution in [3.05, 3.63) is 12.7 Å². The van der Waals surface area contributed by atoms with E-state index in [2.05, 4.69) is 27.4 Å². The highest BCUT2D eigenvalue weighted by atomic mass is 28.4. The monoisotopic (exact) mass is 272 g/mol. The van der Waals surface area contributed by atoms with Crippen LogP contribution in [0.3, 0.4) is 0 Å². The third-order valence-electron chi connectivity index (χ3n) is 3.05. The van der Waals surface area contributed by atoms with Gasteiger partial charge >= 0.3 is 5.97 Å². The van der Waals surface area contributed by atoms with E-state index in [4.69, 9.17) is 9.16 Å². The van der Waals surface area contributed by atoms with Crippen LogP contribution in [0.1, 0.15) is 40.0 Å². The quantitative estimate of drug-likeness (QED) is 0.248. The van der Waals surface area contributed by atoms with Crippen molar-refractivity contribution < 1.29 is 14.0 Å². The van der Waals surface area contributed by atoms with Gasteiger partial charge in [0.15, 0.2) is 8.32 Å². The highest BCUT2D eigenvalue weighted by Gasteiger charge is 2.32. The first-order valence-electron chi connectivity index (χ1n) is 7.07. The fourth-order valence-corrected chi connectivity index (χ4v) is 6.84. The number of hydrogen-bond donors (Lipinski definition) is 0. The molecular weight excluding hydrogens is 244 g/mol. The number of rotatable bonds is 11. The summed E-state index contributed by atoms with van der Waals surface area (Å²) in [6, 6.07) is 3.51. The van der Waals surface area contributed by atoms with Gasteiger partial charge in [-0.05, 0) is 31.5 Å². The topological polar surface area (TPSA) is 35.5 Å². The van der Waals surface area contributed by atoms with Crippen LogP contribution in [0.15, 0.2) is 12.7 Å². The molecule has 0 aromatic carbocycles. The second kappa shape index (κ2) is 10.3. The Morgan fingerprint density at radius 2 is 1.78 bits per heavy atom. The molecule has 0 aliphatic rings. The summed E-state index contributed by atoms with van der Waals surface area (Å²) in [6.45, 7) is 11.2. The minimum atomic E-state index is -1.59. The van der Waals surface area contributed by atoms with E-state index in [0.717, 1.165) is 19.1 Å². The fourth-order valence-electron chi connectivity index (χ4n) is 2.43. The first-order valence-corrected chi connectivity index (χ1v) is 9.60. The predicted octanol–water partition coefficient (Wildman–Crippen LogP) is 3.91. The van der Waals surface area contributed by atoms with E-state index in [1.807, 2.05) is 0 Å². The molecule has 4 heteroatoms. The van der Waals surface area contributed by atoms with Gasteiger partial charge in [0.05, 0.1) is 6.61 Å². The van der Waals surface area contributed by atoms with Gasteiger partial charge in [0.1, 0.15) is 0 Å². The summed E-state index contributed by atoms with van der Waals surface area (Å²) >= 11 is 0. The van der Waals surface area contributed by atoms with Crippen molar-refractivity contribution in [3.8, 4) is 0 Å². The van der Waals surface area contributed by atoms with E-state index >= 15 is 0 Å². The Morgan fingerprint density at radius 1 is 1.17 bits per heavy atom. The summed E-state index contributed by atoms with van der Waals surface area (Å²) in [5.74, 6) is -0.329. The van der Waals surface area contributed by atoms with Crippen LogP contribution < -0.4 is 0 Å². The van der Waals surface area contributed by atoms with E-state index in [1.54, 1.807) is 0 Å². The van der Waals surface area contributed by atoms with Crippen LogP contribution in [0, 0.1) is 0 Å². The minimum absolute atomic E-state index is 0.329. The Bertz CT molecular complexity index is 224. The summed E-state index contributed by atoms with van der Waals surface area (Å²) in [5.41, 5.74) is 0. The standard InChI is InChI=1S/C14H28O3Si/c1-5-11-18(12-6-2,17-8-4)13-9-10-16-14(15)7-3/h7H,3,5-6,8-13H2,1-2,4H3. The molecule has 0 aromatic heterocycles. The van der Waals surface area contributed by atoms with Gasteiger partial charge in [0, 0.05) is 12.7 Å². The molecule has 0 unspecified atom stereocenters. The average molecular weight is 272 g/mol. The van der Waals surface area contributed by atoms with Gasteiger partial charge in [0.2, 0.25) is 0 Å². The molecular formula is C14H28O3Si. The largest absolute Gasteiger partial charge is 0.463 e. The average Bonchev–Trinajstić information content (AvgIpc) is 2.35. The molecule has 0 bridgehead atoms. The van der Waals surface area contributed by atoms with Crippen LogP contribution in [-0.2, 0) is 14.0 Å². The molecule has 0 heterocycles. The smallest absolute Gasteiger partial charge is 0.330 e.